The van der Waals surface area contributed by atoms with Crippen LogP contribution >= 0.6 is 0 Å². The molecule has 26 heavy (non-hydrogen) atoms. The van der Waals surface area contributed by atoms with Crippen LogP contribution in [0.3, 0.4) is 0 Å². The zero-order valence-corrected chi connectivity index (χ0v) is 16.1. The molecule has 1 saturated heterocycles. The van der Waals surface area contributed by atoms with Gasteiger partial charge in [-0.25, -0.2) is 4.98 Å². The summed E-state index contributed by atoms with van der Waals surface area (Å²) >= 11 is 0. The van der Waals surface area contributed by atoms with Crippen LogP contribution in [-0.4, -0.2) is 48.0 Å². The molecule has 0 spiro atoms. The number of aromatic nitrogens is 1. The van der Waals surface area contributed by atoms with Crippen LogP contribution in [0.25, 0.3) is 11.1 Å². The molecule has 0 unspecified atom stereocenters. The Bertz CT molecular complexity index is 779. The minimum atomic E-state index is -0.0626. The third-order valence-electron chi connectivity index (χ3n) is 4.91. The van der Waals surface area contributed by atoms with Crippen molar-refractivity contribution in [2.45, 2.75) is 33.7 Å². The highest BCUT2D eigenvalue weighted by molar-refractivity contribution is 5.89. The third-order valence-corrected chi connectivity index (χ3v) is 4.91. The summed E-state index contributed by atoms with van der Waals surface area (Å²) in [5.74, 6) is 1.02. The molecule has 1 aromatic heterocycles. The zero-order valence-electron chi connectivity index (χ0n) is 16.1. The van der Waals surface area contributed by atoms with Crippen LogP contribution in [0.1, 0.15) is 26.3 Å². The van der Waals surface area contributed by atoms with Crippen molar-refractivity contribution in [1.29, 1.82) is 0 Å². The number of pyridine rings is 1. The molecule has 1 aliphatic heterocycles. The van der Waals surface area contributed by atoms with Gasteiger partial charge in [0.2, 0.25) is 5.91 Å². The van der Waals surface area contributed by atoms with Gasteiger partial charge in [-0.1, -0.05) is 12.1 Å². The monoisotopic (exact) mass is 352 g/mol. The fraction of sp³-hybridized carbons (Fsp3) is 0.429. The number of aryl methyl sites for hydroxylation is 1. The van der Waals surface area contributed by atoms with Crippen molar-refractivity contribution in [2.75, 3.05) is 36.4 Å². The Balaban J connectivity index is 1.77. The van der Waals surface area contributed by atoms with Crippen molar-refractivity contribution in [3.63, 3.8) is 0 Å². The average Bonchev–Trinajstić information content (AvgIpc) is 2.61. The summed E-state index contributed by atoms with van der Waals surface area (Å²) in [5, 5.41) is 2.83. The van der Waals surface area contributed by atoms with E-state index in [0.29, 0.717) is 6.04 Å². The van der Waals surface area contributed by atoms with E-state index in [2.05, 4.69) is 42.0 Å². The normalized spacial score (nSPS) is 15.3. The van der Waals surface area contributed by atoms with Gasteiger partial charge in [0.05, 0.1) is 0 Å². The number of benzene rings is 1. The highest BCUT2D eigenvalue weighted by atomic mass is 16.1. The molecule has 138 valence electrons. The minimum Gasteiger partial charge on any atom is -0.354 e. The van der Waals surface area contributed by atoms with E-state index in [-0.39, 0.29) is 5.91 Å². The Morgan fingerprint density at radius 2 is 1.85 bits per heavy atom. The second kappa shape index (κ2) is 7.87. The Kier molecular flexibility index (Phi) is 5.57. The number of nitrogens with zero attached hydrogens (tertiary/aromatic N) is 3. The smallest absolute Gasteiger partial charge is 0.221 e. The zero-order chi connectivity index (χ0) is 18.7. The Labute approximate surface area is 156 Å². The number of hydrogen-bond acceptors (Lipinski definition) is 4. The SMILES string of the molecule is CC(=O)Nc1cccc(-c2cnc(N3CCN(C(C)C)CC3)c(C)c2)c1. The highest BCUT2D eigenvalue weighted by Gasteiger charge is 2.21. The van der Waals surface area contributed by atoms with E-state index in [1.807, 2.05) is 30.5 Å². The topological polar surface area (TPSA) is 48.5 Å². The van der Waals surface area contributed by atoms with E-state index in [1.165, 1.54) is 12.5 Å². The molecule has 2 aromatic rings. The lowest BCUT2D eigenvalue weighted by molar-refractivity contribution is -0.114. The van der Waals surface area contributed by atoms with Gasteiger partial charge in [-0.3, -0.25) is 9.69 Å². The first-order valence-corrected chi connectivity index (χ1v) is 9.27. The van der Waals surface area contributed by atoms with Gasteiger partial charge in [-0.15, -0.1) is 0 Å². The second-order valence-electron chi connectivity index (χ2n) is 7.24. The van der Waals surface area contributed by atoms with E-state index in [4.69, 9.17) is 4.98 Å². The van der Waals surface area contributed by atoms with Gasteiger partial charge in [0, 0.05) is 56.6 Å². The van der Waals surface area contributed by atoms with Gasteiger partial charge in [-0.2, -0.15) is 0 Å². The van der Waals surface area contributed by atoms with Crippen LogP contribution in [0.4, 0.5) is 11.5 Å². The molecule has 1 aromatic carbocycles. The van der Waals surface area contributed by atoms with Gasteiger partial charge in [0.1, 0.15) is 5.82 Å². The van der Waals surface area contributed by atoms with Gasteiger partial charge < -0.3 is 10.2 Å². The molecule has 0 bridgehead atoms. The summed E-state index contributed by atoms with van der Waals surface area (Å²) in [4.78, 5) is 20.9. The summed E-state index contributed by atoms with van der Waals surface area (Å²) in [6, 6.07) is 10.7. The lowest BCUT2D eigenvalue weighted by atomic mass is 10.0. The summed E-state index contributed by atoms with van der Waals surface area (Å²) in [7, 11) is 0. The number of carbonyl (C=O) groups excluding carboxylic acids is 1. The van der Waals surface area contributed by atoms with Crippen LogP contribution in [0.15, 0.2) is 36.5 Å². The molecule has 0 atom stereocenters. The third kappa shape index (κ3) is 4.22. The Morgan fingerprint density at radius 3 is 2.46 bits per heavy atom. The van der Waals surface area contributed by atoms with Crippen molar-refractivity contribution in [2.24, 2.45) is 0 Å². The second-order valence-corrected chi connectivity index (χ2v) is 7.24. The molecule has 5 heteroatoms. The molecule has 1 aliphatic rings. The van der Waals surface area contributed by atoms with E-state index in [1.54, 1.807) is 0 Å². The number of nitrogens with one attached hydrogen (secondary N) is 1. The van der Waals surface area contributed by atoms with Crippen molar-refractivity contribution >= 4 is 17.4 Å². The fourth-order valence-corrected chi connectivity index (χ4v) is 3.49. The van der Waals surface area contributed by atoms with Gasteiger partial charge >= 0.3 is 0 Å². The van der Waals surface area contributed by atoms with Crippen LogP contribution < -0.4 is 10.2 Å². The van der Waals surface area contributed by atoms with Crippen molar-refractivity contribution in [3.05, 3.63) is 42.1 Å². The lowest BCUT2D eigenvalue weighted by Gasteiger charge is -2.38. The number of carbonyl (C=O) groups is 1. The molecule has 0 aliphatic carbocycles. The van der Waals surface area contributed by atoms with Crippen LogP contribution in [0.2, 0.25) is 0 Å². The molecule has 5 nitrogen and oxygen atoms in total. The van der Waals surface area contributed by atoms with E-state index >= 15 is 0 Å². The molecule has 2 heterocycles. The maximum absolute atomic E-state index is 11.3. The predicted octanol–water partition coefficient (Wildman–Crippen LogP) is 3.55. The number of amides is 1. The fourth-order valence-electron chi connectivity index (χ4n) is 3.49. The minimum absolute atomic E-state index is 0.0626. The molecular weight excluding hydrogens is 324 g/mol. The molecule has 3 rings (SSSR count). The number of hydrogen-bond donors (Lipinski definition) is 1. The molecule has 1 N–H and O–H groups in total. The quantitative estimate of drug-likeness (QED) is 0.914. The number of rotatable bonds is 4. The summed E-state index contributed by atoms with van der Waals surface area (Å²) in [5.41, 5.74) is 4.12. The molecule has 1 amide bonds. The first kappa shape index (κ1) is 18.4. The highest BCUT2D eigenvalue weighted by Crippen LogP contribution is 2.27. The predicted molar refractivity (Wildman–Crippen MR) is 108 cm³/mol. The van der Waals surface area contributed by atoms with Gasteiger partial charge in [-0.05, 0) is 50.1 Å². The summed E-state index contributed by atoms with van der Waals surface area (Å²) in [6.07, 6.45) is 1.93. The summed E-state index contributed by atoms with van der Waals surface area (Å²) in [6.45, 7) is 12.3. The average molecular weight is 352 g/mol. The first-order valence-electron chi connectivity index (χ1n) is 9.27. The van der Waals surface area contributed by atoms with Crippen molar-refractivity contribution in [3.8, 4) is 11.1 Å². The van der Waals surface area contributed by atoms with E-state index < -0.39 is 0 Å². The largest absolute Gasteiger partial charge is 0.354 e. The van der Waals surface area contributed by atoms with Gasteiger partial charge in [0.25, 0.3) is 0 Å². The molecule has 0 saturated carbocycles. The Morgan fingerprint density at radius 1 is 1.12 bits per heavy atom. The first-order chi connectivity index (χ1) is 12.4. The molecular formula is C21H28N4O. The number of anilines is 2. The lowest BCUT2D eigenvalue weighted by Crippen LogP contribution is -2.49. The molecule has 0 radical (unpaired) electrons. The molecule has 1 fully saturated rings. The van der Waals surface area contributed by atoms with Crippen LogP contribution in [0.5, 0.6) is 0 Å². The van der Waals surface area contributed by atoms with Crippen LogP contribution in [-0.2, 0) is 4.79 Å². The standard InChI is InChI=1S/C21H28N4O/c1-15(2)24-8-10-25(11-9-24)21-16(3)12-19(14-22-21)18-6-5-7-20(13-18)23-17(4)26/h5-7,12-15H,8-11H2,1-4H3,(H,23,26). The van der Waals surface area contributed by atoms with Crippen molar-refractivity contribution in [1.82, 2.24) is 9.88 Å². The van der Waals surface area contributed by atoms with E-state index in [0.717, 1.165) is 48.8 Å². The van der Waals surface area contributed by atoms with Crippen LogP contribution in [0, 0.1) is 6.92 Å². The van der Waals surface area contributed by atoms with Crippen molar-refractivity contribution < 1.29 is 4.79 Å². The maximum Gasteiger partial charge on any atom is 0.221 e. The summed E-state index contributed by atoms with van der Waals surface area (Å²) < 4.78 is 0. The number of piperazine rings is 1. The van der Waals surface area contributed by atoms with E-state index in [9.17, 15) is 4.79 Å². The maximum atomic E-state index is 11.3. The van der Waals surface area contributed by atoms with Gasteiger partial charge in [0.15, 0.2) is 0 Å². The Hall–Kier alpha value is -2.40.